The van der Waals surface area contributed by atoms with Crippen molar-refractivity contribution in [3.63, 3.8) is 0 Å². The summed E-state index contributed by atoms with van der Waals surface area (Å²) in [5.74, 6) is 0.122. The van der Waals surface area contributed by atoms with Crippen LogP contribution in [0.2, 0.25) is 0 Å². The zero-order valence-electron chi connectivity index (χ0n) is 18.0. The number of aryl methyl sites for hydroxylation is 1. The van der Waals surface area contributed by atoms with Crippen LogP contribution in [0.4, 0.5) is 4.39 Å². The molecule has 0 radical (unpaired) electrons. The molecule has 32 heavy (non-hydrogen) atoms. The van der Waals surface area contributed by atoms with Gasteiger partial charge >= 0.3 is 0 Å². The lowest BCUT2D eigenvalue weighted by molar-refractivity contribution is 0.0451. The minimum atomic E-state index is -0.455. The number of aromatic nitrogens is 5. The maximum Gasteiger partial charge on any atom is 0.270 e. The largest absolute Gasteiger partial charge is 0.494 e. The van der Waals surface area contributed by atoms with E-state index in [4.69, 9.17) is 9.47 Å². The fourth-order valence-electron chi connectivity index (χ4n) is 3.62. The average Bonchev–Trinajstić information content (AvgIpc) is 3.27. The number of hydrogen-bond acceptors (Lipinski definition) is 7. The normalized spacial score (nSPS) is 16.0. The smallest absolute Gasteiger partial charge is 0.270 e. The number of tetrazole rings is 1. The van der Waals surface area contributed by atoms with E-state index < -0.39 is 5.82 Å². The minimum absolute atomic E-state index is 0.127. The summed E-state index contributed by atoms with van der Waals surface area (Å²) >= 11 is 0. The molecule has 0 bridgehead atoms. The monoisotopic (exact) mass is 440 g/mol. The average molecular weight is 440 g/mol. The second-order valence-electron chi connectivity index (χ2n) is 7.79. The summed E-state index contributed by atoms with van der Waals surface area (Å²) in [5.41, 5.74) is 2.28. The lowest BCUT2D eigenvalue weighted by atomic mass is 10.0. The molecule has 1 amide bonds. The lowest BCUT2D eigenvalue weighted by Gasteiger charge is -2.20. The standard InChI is InChI=1S/C22H25FN6O3/c1-14-8-17(21-26-28-29(27-21)12-16-4-3-7-32-13-16)10-19(25-14)22(30)24-11-15-5-6-18(23)20(9-15)31-2/h5-6,8-10,16H,3-4,7,11-13H2,1-2H3,(H,24,30). The van der Waals surface area contributed by atoms with Gasteiger partial charge in [0.15, 0.2) is 11.6 Å². The van der Waals surface area contributed by atoms with Gasteiger partial charge in [-0.3, -0.25) is 4.79 Å². The van der Waals surface area contributed by atoms with Gasteiger partial charge in [0.05, 0.1) is 20.3 Å². The Balaban J connectivity index is 1.44. The number of nitrogens with zero attached hydrogens (tertiary/aromatic N) is 5. The molecule has 1 atom stereocenters. The summed E-state index contributed by atoms with van der Waals surface area (Å²) in [6.45, 7) is 4.16. The van der Waals surface area contributed by atoms with Crippen molar-refractivity contribution in [1.29, 1.82) is 0 Å². The third-order valence-electron chi connectivity index (χ3n) is 5.24. The van der Waals surface area contributed by atoms with Crippen molar-refractivity contribution < 1.29 is 18.7 Å². The van der Waals surface area contributed by atoms with Gasteiger partial charge in [0.25, 0.3) is 5.91 Å². The molecule has 1 saturated heterocycles. The van der Waals surface area contributed by atoms with E-state index in [-0.39, 0.29) is 23.9 Å². The van der Waals surface area contributed by atoms with E-state index in [9.17, 15) is 9.18 Å². The summed E-state index contributed by atoms with van der Waals surface area (Å²) in [4.78, 5) is 18.6. The Labute approximate surface area is 184 Å². The number of pyridine rings is 1. The molecule has 0 saturated carbocycles. The molecule has 1 unspecified atom stereocenters. The van der Waals surface area contributed by atoms with Gasteiger partial charge in [-0.05, 0) is 54.8 Å². The van der Waals surface area contributed by atoms with E-state index in [1.165, 1.54) is 13.2 Å². The van der Waals surface area contributed by atoms with Gasteiger partial charge in [-0.15, -0.1) is 10.2 Å². The Morgan fingerprint density at radius 2 is 2.22 bits per heavy atom. The quantitative estimate of drug-likeness (QED) is 0.602. The summed E-state index contributed by atoms with van der Waals surface area (Å²) in [7, 11) is 1.39. The van der Waals surface area contributed by atoms with Crippen LogP contribution in [0, 0.1) is 18.7 Å². The zero-order chi connectivity index (χ0) is 22.5. The molecule has 4 rings (SSSR count). The number of rotatable bonds is 7. The van der Waals surface area contributed by atoms with Crippen LogP contribution < -0.4 is 10.1 Å². The van der Waals surface area contributed by atoms with Crippen LogP contribution in [0.1, 0.15) is 34.6 Å². The number of carbonyl (C=O) groups excluding carboxylic acids is 1. The Hall–Kier alpha value is -3.40. The predicted octanol–water partition coefficient (Wildman–Crippen LogP) is 2.55. The molecule has 1 fully saturated rings. The molecule has 1 aromatic carbocycles. The number of hydrogen-bond donors (Lipinski definition) is 1. The van der Waals surface area contributed by atoms with Gasteiger partial charge < -0.3 is 14.8 Å². The van der Waals surface area contributed by atoms with Crippen molar-refractivity contribution in [2.45, 2.75) is 32.9 Å². The summed E-state index contributed by atoms with van der Waals surface area (Å²) in [6, 6.07) is 7.89. The molecule has 2 aromatic heterocycles. The maximum absolute atomic E-state index is 13.6. The van der Waals surface area contributed by atoms with Crippen molar-refractivity contribution in [3.05, 3.63) is 53.1 Å². The van der Waals surface area contributed by atoms with Crippen molar-refractivity contribution in [2.24, 2.45) is 5.92 Å². The van der Waals surface area contributed by atoms with Gasteiger partial charge in [0, 0.05) is 30.3 Å². The number of amides is 1. The van der Waals surface area contributed by atoms with Crippen molar-refractivity contribution in [2.75, 3.05) is 20.3 Å². The third-order valence-corrected chi connectivity index (χ3v) is 5.24. The van der Waals surface area contributed by atoms with E-state index in [1.54, 1.807) is 29.9 Å². The van der Waals surface area contributed by atoms with Crippen LogP contribution in [0.15, 0.2) is 30.3 Å². The van der Waals surface area contributed by atoms with E-state index >= 15 is 0 Å². The van der Waals surface area contributed by atoms with Crippen LogP contribution in [-0.4, -0.2) is 51.4 Å². The van der Waals surface area contributed by atoms with E-state index in [2.05, 4.69) is 25.7 Å². The lowest BCUT2D eigenvalue weighted by Crippen LogP contribution is -2.24. The highest BCUT2D eigenvalue weighted by atomic mass is 19.1. The molecule has 1 aliphatic rings. The highest BCUT2D eigenvalue weighted by Gasteiger charge is 2.18. The van der Waals surface area contributed by atoms with Crippen molar-refractivity contribution in [3.8, 4) is 17.1 Å². The molecular weight excluding hydrogens is 415 g/mol. The molecule has 1 N–H and O–H groups in total. The molecule has 3 heterocycles. The van der Waals surface area contributed by atoms with Crippen LogP contribution >= 0.6 is 0 Å². The zero-order valence-corrected chi connectivity index (χ0v) is 18.0. The van der Waals surface area contributed by atoms with Gasteiger partial charge in [-0.1, -0.05) is 6.07 Å². The Morgan fingerprint density at radius 1 is 1.34 bits per heavy atom. The van der Waals surface area contributed by atoms with Crippen molar-refractivity contribution in [1.82, 2.24) is 30.5 Å². The fourth-order valence-corrected chi connectivity index (χ4v) is 3.62. The van der Waals surface area contributed by atoms with Gasteiger partial charge in [0.2, 0.25) is 5.82 Å². The van der Waals surface area contributed by atoms with Gasteiger partial charge in [-0.25, -0.2) is 9.37 Å². The van der Waals surface area contributed by atoms with E-state index in [1.807, 2.05) is 6.07 Å². The number of benzene rings is 1. The Bertz CT molecular complexity index is 1100. The van der Waals surface area contributed by atoms with Crippen LogP contribution in [0.5, 0.6) is 5.75 Å². The topological polar surface area (TPSA) is 104 Å². The number of halogens is 1. The molecule has 1 aliphatic heterocycles. The fraction of sp³-hybridized carbons (Fsp3) is 0.409. The van der Waals surface area contributed by atoms with Crippen LogP contribution in [0.25, 0.3) is 11.4 Å². The molecule has 0 aliphatic carbocycles. The molecule has 3 aromatic rings. The first-order valence-corrected chi connectivity index (χ1v) is 10.5. The summed E-state index contributed by atoms with van der Waals surface area (Å²) < 4.78 is 24.1. The predicted molar refractivity (Wildman–Crippen MR) is 113 cm³/mol. The molecule has 10 heteroatoms. The van der Waals surface area contributed by atoms with Crippen molar-refractivity contribution >= 4 is 5.91 Å². The third kappa shape index (κ3) is 5.25. The highest BCUT2D eigenvalue weighted by Crippen LogP contribution is 2.20. The molecule has 168 valence electrons. The number of carbonyl (C=O) groups is 1. The first-order valence-electron chi connectivity index (χ1n) is 10.5. The molecule has 0 spiro atoms. The van der Waals surface area contributed by atoms with Gasteiger partial charge in [-0.2, -0.15) is 4.80 Å². The first-order chi connectivity index (χ1) is 15.5. The summed E-state index contributed by atoms with van der Waals surface area (Å²) in [5, 5.41) is 15.6. The number of ether oxygens (including phenoxy) is 2. The highest BCUT2D eigenvalue weighted by molar-refractivity contribution is 5.93. The maximum atomic E-state index is 13.6. The van der Waals surface area contributed by atoms with Gasteiger partial charge in [0.1, 0.15) is 5.69 Å². The Morgan fingerprint density at radius 3 is 3.00 bits per heavy atom. The molecule has 9 nitrogen and oxygen atoms in total. The summed E-state index contributed by atoms with van der Waals surface area (Å²) in [6.07, 6.45) is 2.12. The second-order valence-corrected chi connectivity index (χ2v) is 7.79. The Kier molecular flexibility index (Phi) is 6.69. The SMILES string of the molecule is COc1cc(CNC(=O)c2cc(-c3nnn(CC4CCCOC4)n3)cc(C)n2)ccc1F. The van der Waals surface area contributed by atoms with Crippen LogP contribution in [-0.2, 0) is 17.8 Å². The second kappa shape index (κ2) is 9.82. The first kappa shape index (κ1) is 21.8. The minimum Gasteiger partial charge on any atom is -0.494 e. The van der Waals surface area contributed by atoms with E-state index in [0.29, 0.717) is 41.7 Å². The molecular formula is C22H25FN6O3. The van der Waals surface area contributed by atoms with Crippen LogP contribution in [0.3, 0.4) is 0 Å². The van der Waals surface area contributed by atoms with E-state index in [0.717, 1.165) is 19.4 Å². The number of methoxy groups -OCH3 is 1. The number of nitrogens with one attached hydrogen (secondary N) is 1.